The van der Waals surface area contributed by atoms with Crippen molar-refractivity contribution in [3.05, 3.63) is 96.0 Å². The number of hydrogen-bond donors (Lipinski definition) is 3. The standard InChI is InChI=1S/C25H16N10O3/c1-27-18-13-31-35(25-29-10-5-11-30-25)23(18)34-33-19-15-7-3-2-6-14(15)12-16(21(19)36)24(38)32-17-8-4-9-28-20(17)22(26)37/h2-13,36H,(H2,26,37)(H,32,38)/b34-33+. The van der Waals surface area contributed by atoms with Gasteiger partial charge in [-0.05, 0) is 29.7 Å². The molecule has 4 N–H and O–H groups in total. The van der Waals surface area contributed by atoms with E-state index in [0.717, 1.165) is 0 Å². The Bertz CT molecular complexity index is 1770. The Balaban J connectivity index is 1.61. The maximum atomic E-state index is 13.2. The molecular weight excluding hydrogens is 488 g/mol. The fourth-order valence-corrected chi connectivity index (χ4v) is 3.63. The first-order valence-corrected chi connectivity index (χ1v) is 10.9. The Kier molecular flexibility index (Phi) is 6.18. The van der Waals surface area contributed by atoms with Crippen LogP contribution in [-0.2, 0) is 0 Å². The molecule has 13 nitrogen and oxygen atoms in total. The highest BCUT2D eigenvalue weighted by atomic mass is 16.3. The Labute approximate surface area is 214 Å². The Morgan fingerprint density at radius 1 is 1.03 bits per heavy atom. The van der Waals surface area contributed by atoms with Crippen LogP contribution in [0.4, 0.5) is 22.9 Å². The third-order valence-electron chi connectivity index (χ3n) is 5.36. The molecule has 0 aliphatic rings. The predicted molar refractivity (Wildman–Crippen MR) is 136 cm³/mol. The van der Waals surface area contributed by atoms with E-state index in [1.807, 2.05) is 0 Å². The molecule has 0 spiro atoms. The minimum Gasteiger partial charge on any atom is -0.505 e. The van der Waals surface area contributed by atoms with Gasteiger partial charge in [0, 0.05) is 24.0 Å². The number of rotatable bonds is 6. The van der Waals surface area contributed by atoms with Crippen molar-refractivity contribution in [3.63, 3.8) is 0 Å². The molecule has 0 radical (unpaired) electrons. The molecule has 0 saturated heterocycles. The Hall–Kier alpha value is -6.03. The topological polar surface area (TPSA) is 178 Å². The number of phenols is 1. The second kappa shape index (κ2) is 9.91. The maximum absolute atomic E-state index is 13.2. The number of carbonyl (C=O) groups is 2. The van der Waals surface area contributed by atoms with E-state index in [1.54, 1.807) is 30.3 Å². The summed E-state index contributed by atoms with van der Waals surface area (Å²) in [5, 5.41) is 27.3. The monoisotopic (exact) mass is 504 g/mol. The second-order valence-corrected chi connectivity index (χ2v) is 7.69. The summed E-state index contributed by atoms with van der Waals surface area (Å²) in [6, 6.07) is 13.0. The quantitative estimate of drug-likeness (QED) is 0.229. The largest absolute Gasteiger partial charge is 0.505 e. The van der Waals surface area contributed by atoms with Crippen molar-refractivity contribution in [2.24, 2.45) is 16.0 Å². The number of aromatic nitrogens is 5. The van der Waals surface area contributed by atoms with Crippen LogP contribution in [0.1, 0.15) is 20.8 Å². The van der Waals surface area contributed by atoms with Crippen molar-refractivity contribution >= 4 is 45.5 Å². The number of nitrogens with one attached hydrogen (secondary N) is 1. The summed E-state index contributed by atoms with van der Waals surface area (Å²) in [6.45, 7) is 7.45. The van der Waals surface area contributed by atoms with Crippen molar-refractivity contribution in [3.8, 4) is 11.7 Å². The fraction of sp³-hybridized carbons (Fsp3) is 0. The third kappa shape index (κ3) is 4.36. The number of primary amides is 1. The lowest BCUT2D eigenvalue weighted by molar-refractivity contribution is 0.0996. The molecule has 3 heterocycles. The van der Waals surface area contributed by atoms with Gasteiger partial charge in [0.1, 0.15) is 5.69 Å². The molecule has 0 aliphatic heterocycles. The minimum absolute atomic E-state index is 0.0211. The summed E-state index contributed by atoms with van der Waals surface area (Å²) >= 11 is 0. The molecule has 0 aliphatic carbocycles. The Morgan fingerprint density at radius 2 is 1.79 bits per heavy atom. The lowest BCUT2D eigenvalue weighted by Gasteiger charge is -2.12. The van der Waals surface area contributed by atoms with Crippen LogP contribution in [0.5, 0.6) is 5.75 Å². The third-order valence-corrected chi connectivity index (χ3v) is 5.36. The lowest BCUT2D eigenvalue weighted by atomic mass is 10.0. The number of aromatic hydroxyl groups is 1. The van der Waals surface area contributed by atoms with Gasteiger partial charge in [-0.3, -0.25) is 9.59 Å². The molecule has 0 unspecified atom stereocenters. The van der Waals surface area contributed by atoms with E-state index in [0.29, 0.717) is 10.8 Å². The van der Waals surface area contributed by atoms with Crippen LogP contribution in [0.15, 0.2) is 83.5 Å². The molecule has 0 atom stereocenters. The van der Waals surface area contributed by atoms with Crippen LogP contribution >= 0.6 is 0 Å². The number of benzene rings is 2. The van der Waals surface area contributed by atoms with E-state index >= 15 is 0 Å². The lowest BCUT2D eigenvalue weighted by Crippen LogP contribution is -2.19. The van der Waals surface area contributed by atoms with Gasteiger partial charge < -0.3 is 16.2 Å². The van der Waals surface area contributed by atoms with Crippen LogP contribution in [0.2, 0.25) is 0 Å². The first-order chi connectivity index (χ1) is 18.5. The number of azo groups is 1. The van der Waals surface area contributed by atoms with Gasteiger partial charge in [-0.1, -0.05) is 24.3 Å². The van der Waals surface area contributed by atoms with E-state index in [-0.39, 0.29) is 40.1 Å². The highest BCUT2D eigenvalue weighted by molar-refractivity contribution is 6.13. The molecule has 2 amide bonds. The van der Waals surface area contributed by atoms with Crippen molar-refractivity contribution < 1.29 is 14.7 Å². The molecule has 184 valence electrons. The van der Waals surface area contributed by atoms with Crippen molar-refractivity contribution in [2.45, 2.75) is 0 Å². The zero-order valence-corrected chi connectivity index (χ0v) is 19.3. The summed E-state index contributed by atoms with van der Waals surface area (Å²) in [5.74, 6) is -1.83. The number of amides is 2. The van der Waals surface area contributed by atoms with Gasteiger partial charge in [-0.25, -0.2) is 19.8 Å². The van der Waals surface area contributed by atoms with E-state index in [4.69, 9.17) is 12.3 Å². The van der Waals surface area contributed by atoms with Crippen LogP contribution in [0.3, 0.4) is 0 Å². The zero-order valence-electron chi connectivity index (χ0n) is 19.3. The van der Waals surface area contributed by atoms with Crippen molar-refractivity contribution in [2.75, 3.05) is 5.32 Å². The van der Waals surface area contributed by atoms with Gasteiger partial charge in [0.2, 0.25) is 0 Å². The minimum atomic E-state index is -0.826. The summed E-state index contributed by atoms with van der Waals surface area (Å²) in [7, 11) is 0. The van der Waals surface area contributed by atoms with Crippen LogP contribution < -0.4 is 11.1 Å². The Morgan fingerprint density at radius 3 is 2.55 bits per heavy atom. The highest BCUT2D eigenvalue weighted by Crippen LogP contribution is 2.40. The summed E-state index contributed by atoms with van der Waals surface area (Å²) in [5.41, 5.74) is 5.22. The second-order valence-electron chi connectivity index (χ2n) is 7.69. The molecular formula is C25H16N10O3. The molecule has 0 fully saturated rings. The molecule has 5 aromatic rings. The van der Waals surface area contributed by atoms with E-state index in [9.17, 15) is 14.7 Å². The molecule has 0 bridgehead atoms. The first-order valence-electron chi connectivity index (χ1n) is 10.9. The molecule has 0 saturated carbocycles. The number of carbonyl (C=O) groups excluding carboxylic acids is 2. The molecule has 5 rings (SSSR count). The van der Waals surface area contributed by atoms with Crippen LogP contribution in [0.25, 0.3) is 21.6 Å². The van der Waals surface area contributed by atoms with Crippen LogP contribution in [0, 0.1) is 6.57 Å². The first kappa shape index (κ1) is 23.7. The number of phenolic OH excluding ortho intramolecular Hbond substituents is 1. The van der Waals surface area contributed by atoms with Gasteiger partial charge in [-0.2, -0.15) is 9.78 Å². The maximum Gasteiger partial charge on any atom is 0.269 e. The average Bonchev–Trinajstić information content (AvgIpc) is 3.35. The highest BCUT2D eigenvalue weighted by Gasteiger charge is 2.21. The van der Waals surface area contributed by atoms with Crippen molar-refractivity contribution in [1.82, 2.24) is 24.7 Å². The number of hydrogen-bond acceptors (Lipinski definition) is 9. The fourth-order valence-electron chi connectivity index (χ4n) is 3.63. The van der Waals surface area contributed by atoms with E-state index in [2.05, 4.69) is 40.4 Å². The zero-order chi connectivity index (χ0) is 26.6. The van der Waals surface area contributed by atoms with Crippen molar-refractivity contribution in [1.29, 1.82) is 0 Å². The molecule has 2 aromatic carbocycles. The predicted octanol–water partition coefficient (Wildman–Crippen LogP) is 4.23. The van der Waals surface area contributed by atoms with Gasteiger partial charge in [0.05, 0.1) is 24.0 Å². The summed E-state index contributed by atoms with van der Waals surface area (Å²) in [4.78, 5) is 40.4. The normalized spacial score (nSPS) is 10.9. The van der Waals surface area contributed by atoms with E-state index in [1.165, 1.54) is 47.7 Å². The number of anilines is 1. The molecule has 3 aromatic heterocycles. The summed E-state index contributed by atoms with van der Waals surface area (Å²) < 4.78 is 1.24. The number of fused-ring (bicyclic) bond motifs is 1. The molecule has 38 heavy (non-hydrogen) atoms. The van der Waals surface area contributed by atoms with Gasteiger partial charge in [-0.15, -0.1) is 10.2 Å². The smallest absolute Gasteiger partial charge is 0.269 e. The molecule has 13 heteroatoms. The summed E-state index contributed by atoms with van der Waals surface area (Å²) in [6.07, 6.45) is 5.68. The SMILES string of the molecule is [C-]#[N+]c1cnn(-c2ncccn2)c1/N=N/c1c(O)c(C(=O)Nc2cccnc2C(N)=O)cc2ccccc12. The van der Waals surface area contributed by atoms with Gasteiger partial charge >= 0.3 is 0 Å². The van der Waals surface area contributed by atoms with Crippen LogP contribution in [-0.4, -0.2) is 41.7 Å². The van der Waals surface area contributed by atoms with Gasteiger partial charge in [0.15, 0.2) is 17.3 Å². The number of pyridine rings is 1. The van der Waals surface area contributed by atoms with Gasteiger partial charge in [0.25, 0.3) is 23.5 Å². The number of nitrogens with two attached hydrogens (primary N) is 1. The average molecular weight is 504 g/mol. The number of nitrogens with zero attached hydrogens (tertiary/aromatic N) is 8. The van der Waals surface area contributed by atoms with E-state index < -0.39 is 17.6 Å².